The molecule has 94 valence electrons. The maximum absolute atomic E-state index is 12.3. The van der Waals surface area contributed by atoms with Gasteiger partial charge in [-0.2, -0.15) is 0 Å². The van der Waals surface area contributed by atoms with Gasteiger partial charge in [-0.1, -0.05) is 0 Å². The van der Waals surface area contributed by atoms with E-state index in [1.165, 1.54) is 0 Å². The van der Waals surface area contributed by atoms with Crippen LogP contribution in [0.5, 0.6) is 0 Å². The Morgan fingerprint density at radius 2 is 1.94 bits per heavy atom. The van der Waals surface area contributed by atoms with Crippen LogP contribution in [0.2, 0.25) is 0 Å². The van der Waals surface area contributed by atoms with Gasteiger partial charge in [0.2, 0.25) is 11.6 Å². The number of ketones is 2. The van der Waals surface area contributed by atoms with E-state index in [9.17, 15) is 9.59 Å². The second kappa shape index (κ2) is 3.32. The van der Waals surface area contributed by atoms with Crippen LogP contribution in [0.15, 0.2) is 11.3 Å². The number of hydrogen-bond acceptors (Lipinski definition) is 3. The minimum absolute atomic E-state index is 0.0889. The van der Waals surface area contributed by atoms with E-state index in [1.54, 1.807) is 6.92 Å². The van der Waals surface area contributed by atoms with Crippen LogP contribution in [-0.4, -0.2) is 22.2 Å². The number of quaternary nitrogens is 1. The Balaban J connectivity index is 2.32. The molecule has 1 aliphatic heterocycles. The predicted molar refractivity (Wildman–Crippen MR) is 65.1 cm³/mol. The number of nitrogens with zero attached hydrogens (tertiary/aromatic N) is 1. The largest absolute Gasteiger partial charge is 0.395 e. The molecule has 0 spiro atoms. The van der Waals surface area contributed by atoms with Crippen LogP contribution in [0, 0.1) is 6.92 Å². The van der Waals surface area contributed by atoms with Crippen molar-refractivity contribution in [2.45, 2.75) is 32.9 Å². The Morgan fingerprint density at radius 3 is 2.61 bits per heavy atom. The highest BCUT2D eigenvalue weighted by Crippen LogP contribution is 2.33. The molecule has 0 radical (unpaired) electrons. The number of rotatable bonds is 0. The van der Waals surface area contributed by atoms with Crippen LogP contribution in [0.3, 0.4) is 0 Å². The summed E-state index contributed by atoms with van der Waals surface area (Å²) in [5, 5.41) is 0. The van der Waals surface area contributed by atoms with Gasteiger partial charge in [0.05, 0.1) is 17.8 Å². The molecule has 5 heteroatoms. The Labute approximate surface area is 104 Å². The molecule has 18 heavy (non-hydrogen) atoms. The fourth-order valence-electron chi connectivity index (χ4n) is 2.97. The molecule has 3 rings (SSSR count). The fraction of sp³-hybridized carbons (Fsp3) is 0.385. The summed E-state index contributed by atoms with van der Waals surface area (Å²) in [6.45, 7) is 4.21. The first-order valence-corrected chi connectivity index (χ1v) is 6.04. The molecule has 1 atom stereocenters. The van der Waals surface area contributed by atoms with Crippen LogP contribution in [0.1, 0.15) is 39.0 Å². The van der Waals surface area contributed by atoms with Gasteiger partial charge >= 0.3 is 0 Å². The van der Waals surface area contributed by atoms with Gasteiger partial charge in [0, 0.05) is 17.7 Å². The molecule has 0 fully saturated rings. The molecule has 5 nitrogen and oxygen atoms in total. The molecule has 1 unspecified atom stereocenters. The van der Waals surface area contributed by atoms with E-state index >= 15 is 0 Å². The van der Waals surface area contributed by atoms with Crippen molar-refractivity contribution >= 4 is 11.6 Å². The normalized spacial score (nSPS) is 22.5. The monoisotopic (exact) mass is 246 g/mol. The predicted octanol–water partition coefficient (Wildman–Crippen LogP) is -0.425. The summed E-state index contributed by atoms with van der Waals surface area (Å²) in [5.41, 5.74) is 13.2. The van der Waals surface area contributed by atoms with E-state index in [1.807, 2.05) is 11.5 Å². The second-order valence-electron chi connectivity index (χ2n) is 5.17. The van der Waals surface area contributed by atoms with Crippen LogP contribution in [0.4, 0.5) is 0 Å². The van der Waals surface area contributed by atoms with Crippen LogP contribution < -0.4 is 11.5 Å². The van der Waals surface area contributed by atoms with E-state index in [0.29, 0.717) is 23.4 Å². The molecule has 0 bridgehead atoms. The van der Waals surface area contributed by atoms with Gasteiger partial charge in [0.25, 0.3) is 0 Å². The quantitative estimate of drug-likeness (QED) is 0.651. The van der Waals surface area contributed by atoms with Crippen LogP contribution in [0.25, 0.3) is 0 Å². The first-order valence-electron chi connectivity index (χ1n) is 6.04. The van der Waals surface area contributed by atoms with Crippen molar-refractivity contribution in [1.82, 2.24) is 4.57 Å². The third-order valence-corrected chi connectivity index (χ3v) is 3.99. The minimum atomic E-state index is -0.206. The average molecular weight is 246 g/mol. The third kappa shape index (κ3) is 1.14. The molecule has 1 aliphatic carbocycles. The Morgan fingerprint density at radius 1 is 1.28 bits per heavy atom. The van der Waals surface area contributed by atoms with E-state index in [2.05, 4.69) is 5.73 Å². The van der Waals surface area contributed by atoms with Gasteiger partial charge in [0.1, 0.15) is 11.7 Å². The lowest BCUT2D eigenvalue weighted by Crippen LogP contribution is -2.61. The van der Waals surface area contributed by atoms with Gasteiger partial charge in [-0.25, -0.2) is 0 Å². The average Bonchev–Trinajstić information content (AvgIpc) is 2.81. The van der Waals surface area contributed by atoms with Crippen molar-refractivity contribution in [1.29, 1.82) is 0 Å². The molecular formula is C13H16N3O2+. The fourth-order valence-corrected chi connectivity index (χ4v) is 2.97. The Bertz CT molecular complexity index is 637. The van der Waals surface area contributed by atoms with Crippen molar-refractivity contribution in [2.24, 2.45) is 5.73 Å². The maximum Gasteiger partial charge on any atom is 0.211 e. The van der Waals surface area contributed by atoms with E-state index < -0.39 is 0 Å². The number of hydrogen-bond donors (Lipinski definition) is 2. The number of fused-ring (bicyclic) bond motifs is 3. The molecule has 0 aromatic carbocycles. The highest BCUT2D eigenvalue weighted by atomic mass is 16.1. The van der Waals surface area contributed by atoms with Gasteiger partial charge in [0.15, 0.2) is 0 Å². The zero-order chi connectivity index (χ0) is 13.2. The molecule has 2 aliphatic rings. The maximum atomic E-state index is 12.3. The Kier molecular flexibility index (Phi) is 2.07. The first-order chi connectivity index (χ1) is 8.43. The van der Waals surface area contributed by atoms with Crippen molar-refractivity contribution in [2.75, 3.05) is 0 Å². The number of allylic oxidation sites excluding steroid dienone is 2. The lowest BCUT2D eigenvalue weighted by Gasteiger charge is -2.16. The standard InChI is InChI=1S/C13H15N3O2/c1-5-8-3-7(14)4-16(8)11-9(5)13(18)10(15)6(2)12(11)17/h7H,3-4,14-15H2,1-2H3/p+1. The van der Waals surface area contributed by atoms with Gasteiger partial charge in [-0.05, 0) is 19.4 Å². The summed E-state index contributed by atoms with van der Waals surface area (Å²) in [6.07, 6.45) is 0.818. The third-order valence-electron chi connectivity index (χ3n) is 3.99. The summed E-state index contributed by atoms with van der Waals surface area (Å²) in [4.78, 5) is 24.5. The summed E-state index contributed by atoms with van der Waals surface area (Å²) in [6, 6.07) is 0.274. The number of carbonyl (C=O) groups excluding carboxylic acids is 2. The van der Waals surface area contributed by atoms with Crippen molar-refractivity contribution in [3.63, 3.8) is 0 Å². The van der Waals surface area contributed by atoms with Crippen molar-refractivity contribution in [3.8, 4) is 0 Å². The first kappa shape index (κ1) is 11.2. The van der Waals surface area contributed by atoms with Crippen molar-refractivity contribution in [3.05, 3.63) is 33.8 Å². The van der Waals surface area contributed by atoms with Gasteiger partial charge in [-0.15, -0.1) is 0 Å². The SMILES string of the molecule is CC1=C(N)C(=O)c2c(C)c3n(c2C1=O)CC([NH3+])C3. The summed E-state index contributed by atoms with van der Waals surface area (Å²) in [7, 11) is 0. The molecule has 2 heterocycles. The smallest absolute Gasteiger partial charge is 0.211 e. The topological polar surface area (TPSA) is 92.7 Å². The van der Waals surface area contributed by atoms with E-state index in [0.717, 1.165) is 17.7 Å². The molecule has 0 amide bonds. The Hall–Kier alpha value is -1.88. The molecular weight excluding hydrogens is 230 g/mol. The molecule has 5 N–H and O–H groups in total. The zero-order valence-electron chi connectivity index (χ0n) is 10.5. The number of Topliss-reactive ketones (excluding diaryl/α,β-unsaturated/α-hetero) is 2. The number of nitrogens with two attached hydrogens (primary N) is 1. The zero-order valence-corrected chi connectivity index (χ0v) is 10.5. The summed E-state index contributed by atoms with van der Waals surface area (Å²) in [5.74, 6) is -0.326. The van der Waals surface area contributed by atoms with Gasteiger partial charge < -0.3 is 16.0 Å². The molecule has 1 aromatic heterocycles. The lowest BCUT2D eigenvalue weighted by atomic mass is 9.90. The highest BCUT2D eigenvalue weighted by Gasteiger charge is 2.38. The number of carbonyl (C=O) groups is 2. The summed E-state index contributed by atoms with van der Waals surface area (Å²) < 4.78 is 1.96. The number of aromatic nitrogens is 1. The highest BCUT2D eigenvalue weighted by molar-refractivity contribution is 6.26. The van der Waals surface area contributed by atoms with Crippen LogP contribution >= 0.6 is 0 Å². The molecule has 1 aromatic rings. The van der Waals surface area contributed by atoms with Crippen molar-refractivity contribution < 1.29 is 15.3 Å². The van der Waals surface area contributed by atoms with E-state index in [-0.39, 0.29) is 23.3 Å². The molecule has 0 saturated carbocycles. The minimum Gasteiger partial charge on any atom is -0.395 e. The van der Waals surface area contributed by atoms with Crippen LogP contribution in [-0.2, 0) is 13.0 Å². The summed E-state index contributed by atoms with van der Waals surface area (Å²) >= 11 is 0. The van der Waals surface area contributed by atoms with Gasteiger partial charge in [-0.3, -0.25) is 9.59 Å². The van der Waals surface area contributed by atoms with E-state index in [4.69, 9.17) is 5.73 Å². The molecule has 0 saturated heterocycles. The second-order valence-corrected chi connectivity index (χ2v) is 5.17. The lowest BCUT2D eigenvalue weighted by molar-refractivity contribution is -0.418.